The molecule has 1 N–H and O–H groups in total. The lowest BCUT2D eigenvalue weighted by molar-refractivity contribution is 0.272. The van der Waals surface area contributed by atoms with Crippen molar-refractivity contribution in [3.63, 3.8) is 0 Å². The summed E-state index contributed by atoms with van der Waals surface area (Å²) in [5.41, 5.74) is 4.30. The van der Waals surface area contributed by atoms with Gasteiger partial charge in [-0.05, 0) is 36.5 Å². The number of hydrogen-bond donors (Lipinski definition) is 1. The summed E-state index contributed by atoms with van der Waals surface area (Å²) in [5.74, 6) is 0.265. The molecule has 1 atom stereocenters. The highest BCUT2D eigenvalue weighted by atomic mass is 16.3. The van der Waals surface area contributed by atoms with E-state index in [1.165, 1.54) is 55.5 Å². The number of aliphatic hydroxyl groups excluding tert-OH is 1. The Kier molecular flexibility index (Phi) is 3.79. The summed E-state index contributed by atoms with van der Waals surface area (Å²) < 4.78 is 0. The van der Waals surface area contributed by atoms with Crippen LogP contribution in [0.4, 0.5) is 5.69 Å². The Hall–Kier alpha value is -1.02. The van der Waals surface area contributed by atoms with Crippen LogP contribution in [0.2, 0.25) is 0 Å². The summed E-state index contributed by atoms with van der Waals surface area (Å²) in [6, 6.07) is 7.41. The highest BCUT2D eigenvalue weighted by Gasteiger charge is 2.29. The third-order valence-electron chi connectivity index (χ3n) is 4.92. The molecule has 1 aromatic carbocycles. The summed E-state index contributed by atoms with van der Waals surface area (Å²) in [7, 11) is 0. The van der Waals surface area contributed by atoms with Crippen molar-refractivity contribution in [2.24, 2.45) is 0 Å². The van der Waals surface area contributed by atoms with Crippen molar-refractivity contribution in [3.8, 4) is 0 Å². The van der Waals surface area contributed by atoms with Gasteiger partial charge in [-0.1, -0.05) is 38.3 Å². The molecule has 104 valence electrons. The molecule has 19 heavy (non-hydrogen) atoms. The number of fused-ring (bicyclic) bond motifs is 1. The lowest BCUT2D eigenvalue weighted by Gasteiger charge is -2.33. The highest BCUT2D eigenvalue weighted by Crippen LogP contribution is 2.37. The zero-order valence-corrected chi connectivity index (χ0v) is 11.9. The van der Waals surface area contributed by atoms with Gasteiger partial charge in [-0.3, -0.25) is 0 Å². The Bertz CT molecular complexity index is 437. The van der Waals surface area contributed by atoms with Crippen molar-refractivity contribution >= 4 is 5.69 Å². The van der Waals surface area contributed by atoms with Crippen molar-refractivity contribution in [3.05, 3.63) is 29.3 Å². The molecule has 0 aromatic heterocycles. The van der Waals surface area contributed by atoms with E-state index in [1.807, 2.05) is 0 Å². The Morgan fingerprint density at radius 3 is 2.79 bits per heavy atom. The molecule has 1 saturated carbocycles. The van der Waals surface area contributed by atoms with E-state index >= 15 is 0 Å². The molecular weight excluding hydrogens is 234 g/mol. The molecule has 2 heteroatoms. The lowest BCUT2D eigenvalue weighted by Crippen LogP contribution is -2.35. The summed E-state index contributed by atoms with van der Waals surface area (Å²) in [6.45, 7) is 3.55. The number of rotatable bonds is 3. The minimum Gasteiger partial charge on any atom is -0.396 e. The molecule has 0 amide bonds. The Morgan fingerprint density at radius 1 is 1.26 bits per heavy atom. The van der Waals surface area contributed by atoms with Gasteiger partial charge in [0.05, 0.1) is 0 Å². The minimum atomic E-state index is 0.250. The molecule has 3 rings (SSSR count). The van der Waals surface area contributed by atoms with E-state index in [0.29, 0.717) is 0 Å². The number of aliphatic hydroxyl groups is 1. The zero-order chi connectivity index (χ0) is 13.2. The van der Waals surface area contributed by atoms with E-state index < -0.39 is 0 Å². The van der Waals surface area contributed by atoms with Crippen LogP contribution in [0.3, 0.4) is 0 Å². The molecule has 1 unspecified atom stereocenters. The number of hydrogen-bond acceptors (Lipinski definition) is 2. The SMILES string of the molecule is CC(CO)c1cccc2c1CCN2C1CCCCC1. The van der Waals surface area contributed by atoms with E-state index in [0.717, 1.165) is 12.5 Å². The number of benzene rings is 1. The Morgan fingerprint density at radius 2 is 2.05 bits per heavy atom. The first-order valence-corrected chi connectivity index (χ1v) is 7.80. The van der Waals surface area contributed by atoms with Crippen molar-refractivity contribution in [1.29, 1.82) is 0 Å². The van der Waals surface area contributed by atoms with Gasteiger partial charge >= 0.3 is 0 Å². The predicted molar refractivity (Wildman–Crippen MR) is 79.9 cm³/mol. The first-order valence-electron chi connectivity index (χ1n) is 7.80. The second-order valence-electron chi connectivity index (χ2n) is 6.16. The van der Waals surface area contributed by atoms with Crippen LogP contribution in [0, 0.1) is 0 Å². The van der Waals surface area contributed by atoms with E-state index in [-0.39, 0.29) is 12.5 Å². The molecule has 1 aliphatic carbocycles. The number of anilines is 1. The summed E-state index contributed by atoms with van der Waals surface area (Å²) in [6.07, 6.45) is 8.08. The van der Waals surface area contributed by atoms with Crippen molar-refractivity contribution < 1.29 is 5.11 Å². The van der Waals surface area contributed by atoms with Gasteiger partial charge in [0.1, 0.15) is 0 Å². The molecule has 1 aliphatic heterocycles. The van der Waals surface area contributed by atoms with Crippen molar-refractivity contribution in [2.45, 2.75) is 57.4 Å². The normalized spacial score (nSPS) is 21.5. The molecule has 1 heterocycles. The van der Waals surface area contributed by atoms with Crippen molar-refractivity contribution in [2.75, 3.05) is 18.1 Å². The van der Waals surface area contributed by atoms with Gasteiger partial charge in [0.2, 0.25) is 0 Å². The quantitative estimate of drug-likeness (QED) is 0.898. The van der Waals surface area contributed by atoms with Crippen LogP contribution < -0.4 is 4.90 Å². The molecular formula is C17H25NO. The molecule has 0 spiro atoms. The molecule has 1 fully saturated rings. The molecule has 0 saturated heterocycles. The average molecular weight is 259 g/mol. The molecule has 0 radical (unpaired) electrons. The maximum atomic E-state index is 9.42. The molecule has 0 bridgehead atoms. The fourth-order valence-electron chi connectivity index (χ4n) is 3.82. The van der Waals surface area contributed by atoms with E-state index in [1.54, 1.807) is 0 Å². The topological polar surface area (TPSA) is 23.5 Å². The Labute approximate surface area is 116 Å². The maximum absolute atomic E-state index is 9.42. The van der Waals surface area contributed by atoms with E-state index in [2.05, 4.69) is 30.0 Å². The van der Waals surface area contributed by atoms with Crippen LogP contribution in [0.15, 0.2) is 18.2 Å². The first-order chi connectivity index (χ1) is 9.31. The third kappa shape index (κ3) is 2.38. The van der Waals surface area contributed by atoms with Crippen LogP contribution in [0.25, 0.3) is 0 Å². The summed E-state index contributed by atoms with van der Waals surface area (Å²) in [4.78, 5) is 2.64. The first kappa shape index (κ1) is 13.0. The number of nitrogens with zero attached hydrogens (tertiary/aromatic N) is 1. The van der Waals surface area contributed by atoms with Gasteiger partial charge in [-0.2, -0.15) is 0 Å². The lowest BCUT2D eigenvalue weighted by atomic mass is 9.93. The molecule has 2 nitrogen and oxygen atoms in total. The van der Waals surface area contributed by atoms with Crippen LogP contribution >= 0.6 is 0 Å². The van der Waals surface area contributed by atoms with Gasteiger partial charge in [0.25, 0.3) is 0 Å². The largest absolute Gasteiger partial charge is 0.396 e. The minimum absolute atomic E-state index is 0.250. The third-order valence-corrected chi connectivity index (χ3v) is 4.92. The fraction of sp³-hybridized carbons (Fsp3) is 0.647. The second kappa shape index (κ2) is 5.54. The predicted octanol–water partition coefficient (Wildman–Crippen LogP) is 3.48. The zero-order valence-electron chi connectivity index (χ0n) is 11.9. The Balaban J connectivity index is 1.88. The van der Waals surface area contributed by atoms with Gasteiger partial charge in [-0.15, -0.1) is 0 Å². The standard InChI is InChI=1S/C17H25NO/c1-13(12-19)15-8-5-9-17-16(15)10-11-18(17)14-6-3-2-4-7-14/h5,8-9,13-14,19H,2-4,6-7,10-12H2,1H3. The maximum Gasteiger partial charge on any atom is 0.0497 e. The molecule has 1 aromatic rings. The van der Waals surface area contributed by atoms with Crippen LogP contribution in [-0.4, -0.2) is 24.3 Å². The van der Waals surface area contributed by atoms with Gasteiger partial charge in [-0.25, -0.2) is 0 Å². The van der Waals surface area contributed by atoms with Crippen LogP contribution in [0.1, 0.15) is 56.1 Å². The van der Waals surface area contributed by atoms with E-state index in [4.69, 9.17) is 0 Å². The van der Waals surface area contributed by atoms with Gasteiger partial charge in [0.15, 0.2) is 0 Å². The summed E-state index contributed by atoms with van der Waals surface area (Å²) in [5, 5.41) is 9.42. The average Bonchev–Trinajstić information content (AvgIpc) is 2.91. The highest BCUT2D eigenvalue weighted by molar-refractivity contribution is 5.62. The second-order valence-corrected chi connectivity index (χ2v) is 6.16. The monoisotopic (exact) mass is 259 g/mol. The van der Waals surface area contributed by atoms with Gasteiger partial charge in [0, 0.05) is 30.8 Å². The van der Waals surface area contributed by atoms with Crippen LogP contribution in [0.5, 0.6) is 0 Å². The fourth-order valence-corrected chi connectivity index (χ4v) is 3.82. The smallest absolute Gasteiger partial charge is 0.0497 e. The molecule has 2 aliphatic rings. The van der Waals surface area contributed by atoms with Crippen molar-refractivity contribution in [1.82, 2.24) is 0 Å². The van der Waals surface area contributed by atoms with E-state index in [9.17, 15) is 5.11 Å². The van der Waals surface area contributed by atoms with Gasteiger partial charge < -0.3 is 10.0 Å². The summed E-state index contributed by atoms with van der Waals surface area (Å²) >= 11 is 0. The van der Waals surface area contributed by atoms with Crippen LogP contribution in [-0.2, 0) is 6.42 Å².